The quantitative estimate of drug-likeness (QED) is 0.153. The predicted molar refractivity (Wildman–Crippen MR) is 166 cm³/mol. The molecule has 0 unspecified atom stereocenters. The fourth-order valence-electron chi connectivity index (χ4n) is 4.68. The van der Waals surface area contributed by atoms with Gasteiger partial charge >= 0.3 is 5.97 Å². The van der Waals surface area contributed by atoms with E-state index in [0.29, 0.717) is 22.0 Å². The lowest BCUT2D eigenvalue weighted by Gasteiger charge is -2.29. The van der Waals surface area contributed by atoms with E-state index in [0.717, 1.165) is 11.1 Å². The van der Waals surface area contributed by atoms with Gasteiger partial charge in [0.2, 0.25) is 0 Å². The number of carbonyl (C=O) groups is 1. The van der Waals surface area contributed by atoms with Crippen LogP contribution in [-0.4, -0.2) is 42.7 Å². The van der Waals surface area contributed by atoms with Gasteiger partial charge in [0, 0.05) is 16.5 Å². The zero-order chi connectivity index (χ0) is 28.4. The van der Waals surface area contributed by atoms with Crippen LogP contribution in [-0.2, 0) is 6.42 Å². The Balaban J connectivity index is 0.000000380. The smallest absolute Gasteiger partial charge is 0.335 e. The number of quaternary nitrogens is 1. The van der Waals surface area contributed by atoms with Crippen LogP contribution in [0, 0.1) is 6.92 Å². The van der Waals surface area contributed by atoms with E-state index in [9.17, 15) is 9.90 Å². The highest BCUT2D eigenvalue weighted by Crippen LogP contribution is 2.30. The van der Waals surface area contributed by atoms with Crippen LogP contribution in [0.2, 0.25) is 10.0 Å². The summed E-state index contributed by atoms with van der Waals surface area (Å²) in [6, 6.07) is 10.5. The average molecular weight is 566 g/mol. The van der Waals surface area contributed by atoms with Crippen molar-refractivity contribution in [2.75, 3.05) is 27.2 Å². The molecule has 214 valence electrons. The molecular weight excluding hydrogens is 513 g/mol. The van der Waals surface area contributed by atoms with Gasteiger partial charge < -0.3 is 9.59 Å². The first-order chi connectivity index (χ1) is 18.1. The number of hydrogen-bond donors (Lipinski definition) is 1. The average Bonchev–Trinajstić information content (AvgIpc) is 2.89. The Labute approximate surface area is 243 Å². The summed E-state index contributed by atoms with van der Waals surface area (Å²) in [4.78, 5) is 11.2. The molecule has 0 fully saturated rings. The molecule has 1 N–H and O–H groups in total. The van der Waals surface area contributed by atoms with E-state index in [1.165, 1.54) is 94.6 Å². The number of nitrogens with zero attached hydrogens (tertiary/aromatic N) is 1. The number of carboxylic acid groups (broad SMARTS) is 1. The van der Waals surface area contributed by atoms with E-state index >= 15 is 0 Å². The minimum absolute atomic E-state index is 0.274. The number of carboxylic acids is 1. The van der Waals surface area contributed by atoms with Gasteiger partial charge in [0.25, 0.3) is 0 Å². The summed E-state index contributed by atoms with van der Waals surface area (Å²) in [7, 11) is 4.78. The second-order valence-electron chi connectivity index (χ2n) is 11.2. The zero-order valence-electron chi connectivity index (χ0n) is 24.6. The summed E-state index contributed by atoms with van der Waals surface area (Å²) >= 11 is 12.4. The van der Waals surface area contributed by atoms with Gasteiger partial charge in [-0.15, -0.1) is 0 Å². The van der Waals surface area contributed by atoms with E-state index in [1.54, 1.807) is 30.3 Å². The molecule has 2 aromatic carbocycles. The molecule has 3 nitrogen and oxygen atoms in total. The fraction of sp³-hybridized carbons (Fsp3) is 0.606. The number of rotatable bonds is 17. The van der Waals surface area contributed by atoms with Gasteiger partial charge in [-0.2, -0.15) is 0 Å². The third kappa shape index (κ3) is 14.0. The van der Waals surface area contributed by atoms with Gasteiger partial charge in [-0.1, -0.05) is 119 Å². The van der Waals surface area contributed by atoms with Crippen molar-refractivity contribution in [2.45, 2.75) is 104 Å². The van der Waals surface area contributed by atoms with Crippen molar-refractivity contribution in [1.29, 1.82) is 0 Å². The SMILES string of the molecule is CCCCCCCCCCCC[N+](C)(C)CCCC.Cc1ccc(Cl)c(Cc2ccccc2C(=O)O)c1Cl. The second-order valence-corrected chi connectivity index (χ2v) is 12.0. The summed E-state index contributed by atoms with van der Waals surface area (Å²) in [6.07, 6.45) is 17.6. The number of halogens is 2. The standard InChI is InChI=1S/C18H40N.C15H12Cl2O2/c1-5-7-9-10-11-12-13-14-15-16-18-19(3,4)17-8-6-2;1-9-6-7-13(16)12(14(9)17)8-10-4-2-3-5-11(10)15(18)19/h5-18H2,1-4H3;2-7H,8H2,1H3,(H,18,19)/q+1;. The summed E-state index contributed by atoms with van der Waals surface area (Å²) in [5.41, 5.74) is 2.66. The molecule has 0 spiro atoms. The maximum atomic E-state index is 11.2. The Morgan fingerprint density at radius 3 is 1.87 bits per heavy atom. The van der Waals surface area contributed by atoms with Gasteiger partial charge in [-0.25, -0.2) is 4.79 Å². The van der Waals surface area contributed by atoms with Crippen LogP contribution < -0.4 is 0 Å². The molecule has 5 heteroatoms. The summed E-state index contributed by atoms with van der Waals surface area (Å²) < 4.78 is 1.23. The van der Waals surface area contributed by atoms with Crippen molar-refractivity contribution in [1.82, 2.24) is 0 Å². The van der Waals surface area contributed by atoms with Crippen LogP contribution >= 0.6 is 23.2 Å². The Hall–Kier alpha value is -1.55. The number of hydrogen-bond acceptors (Lipinski definition) is 1. The third-order valence-electron chi connectivity index (χ3n) is 7.23. The molecular formula is C33H52Cl2NO2+. The third-order valence-corrected chi connectivity index (χ3v) is 8.11. The van der Waals surface area contributed by atoms with Gasteiger partial charge in [0.1, 0.15) is 0 Å². The number of unbranched alkanes of at least 4 members (excludes halogenated alkanes) is 10. The highest BCUT2D eigenvalue weighted by Gasteiger charge is 2.14. The molecule has 0 atom stereocenters. The minimum atomic E-state index is -0.949. The molecule has 0 aliphatic heterocycles. The van der Waals surface area contributed by atoms with Crippen LogP contribution in [0.25, 0.3) is 0 Å². The molecule has 38 heavy (non-hydrogen) atoms. The lowest BCUT2D eigenvalue weighted by atomic mass is 9.98. The molecule has 0 aliphatic rings. The van der Waals surface area contributed by atoms with Gasteiger partial charge in [-0.3, -0.25) is 0 Å². The van der Waals surface area contributed by atoms with E-state index in [4.69, 9.17) is 23.2 Å². The Kier molecular flexibility index (Phi) is 17.7. The molecule has 0 saturated carbocycles. The Bertz CT molecular complexity index is 943. The first-order valence-corrected chi connectivity index (χ1v) is 15.4. The molecule has 0 amide bonds. The van der Waals surface area contributed by atoms with Crippen LogP contribution in [0.4, 0.5) is 0 Å². The van der Waals surface area contributed by atoms with Crippen LogP contribution in [0.15, 0.2) is 36.4 Å². The normalized spacial score (nSPS) is 11.2. The van der Waals surface area contributed by atoms with Crippen molar-refractivity contribution in [3.63, 3.8) is 0 Å². The number of benzene rings is 2. The van der Waals surface area contributed by atoms with Crippen molar-refractivity contribution in [3.8, 4) is 0 Å². The second kappa shape index (κ2) is 19.5. The molecule has 2 rings (SSSR count). The first kappa shape index (κ1) is 34.5. The maximum absolute atomic E-state index is 11.2. The van der Waals surface area contributed by atoms with Crippen molar-refractivity contribution in [2.24, 2.45) is 0 Å². The molecule has 0 aromatic heterocycles. The molecule has 0 heterocycles. The molecule has 0 radical (unpaired) electrons. The van der Waals surface area contributed by atoms with Gasteiger partial charge in [-0.05, 0) is 55.0 Å². The number of aryl methyl sites for hydroxylation is 1. The molecule has 0 aliphatic carbocycles. The lowest BCUT2D eigenvalue weighted by molar-refractivity contribution is -0.890. The first-order valence-electron chi connectivity index (χ1n) is 14.7. The van der Waals surface area contributed by atoms with E-state index in [1.807, 2.05) is 13.0 Å². The monoisotopic (exact) mass is 564 g/mol. The van der Waals surface area contributed by atoms with Crippen molar-refractivity contribution >= 4 is 29.2 Å². The van der Waals surface area contributed by atoms with E-state index in [-0.39, 0.29) is 5.56 Å². The van der Waals surface area contributed by atoms with Crippen LogP contribution in [0.5, 0.6) is 0 Å². The van der Waals surface area contributed by atoms with Crippen LogP contribution in [0.1, 0.15) is 118 Å². The van der Waals surface area contributed by atoms with Gasteiger partial charge in [0.15, 0.2) is 0 Å². The Morgan fingerprint density at radius 1 is 0.763 bits per heavy atom. The van der Waals surface area contributed by atoms with Crippen LogP contribution in [0.3, 0.4) is 0 Å². The highest BCUT2D eigenvalue weighted by atomic mass is 35.5. The minimum Gasteiger partial charge on any atom is -0.478 e. The Morgan fingerprint density at radius 2 is 1.29 bits per heavy atom. The zero-order valence-corrected chi connectivity index (χ0v) is 26.1. The largest absolute Gasteiger partial charge is 0.478 e. The fourth-order valence-corrected chi connectivity index (χ4v) is 5.18. The van der Waals surface area contributed by atoms with Crippen molar-refractivity contribution < 1.29 is 14.4 Å². The molecule has 0 bridgehead atoms. The molecule has 2 aromatic rings. The van der Waals surface area contributed by atoms with E-state index < -0.39 is 5.97 Å². The number of aromatic carboxylic acids is 1. The van der Waals surface area contributed by atoms with Crippen molar-refractivity contribution in [3.05, 3.63) is 68.7 Å². The summed E-state index contributed by atoms with van der Waals surface area (Å²) in [5, 5.41) is 10.3. The summed E-state index contributed by atoms with van der Waals surface area (Å²) in [5.74, 6) is -0.949. The summed E-state index contributed by atoms with van der Waals surface area (Å²) in [6.45, 7) is 9.21. The molecule has 0 saturated heterocycles. The topological polar surface area (TPSA) is 37.3 Å². The van der Waals surface area contributed by atoms with E-state index in [2.05, 4.69) is 27.9 Å². The maximum Gasteiger partial charge on any atom is 0.335 e. The predicted octanol–water partition coefficient (Wildman–Crippen LogP) is 10.4. The van der Waals surface area contributed by atoms with Gasteiger partial charge in [0.05, 0.1) is 32.7 Å². The lowest BCUT2D eigenvalue weighted by Crippen LogP contribution is -2.41. The highest BCUT2D eigenvalue weighted by molar-refractivity contribution is 6.36.